The number of likely N-dealkylation sites (N-methyl/N-ethyl adjacent to an activating group) is 2. The van der Waals surface area contributed by atoms with E-state index < -0.39 is 0 Å². The molecule has 4 heteroatoms. The summed E-state index contributed by atoms with van der Waals surface area (Å²) in [6.45, 7) is 21.2. The summed E-state index contributed by atoms with van der Waals surface area (Å²) in [6, 6.07) is 0. The fourth-order valence-corrected chi connectivity index (χ4v) is 1.78. The van der Waals surface area contributed by atoms with Crippen LogP contribution in [0.3, 0.4) is 0 Å². The first kappa shape index (κ1) is 22.7. The van der Waals surface area contributed by atoms with Crippen molar-refractivity contribution in [3.63, 3.8) is 0 Å². The van der Waals surface area contributed by atoms with Crippen molar-refractivity contribution in [3.8, 4) is 0 Å². The number of hydrogen-bond donors (Lipinski definition) is 1. The Morgan fingerprint density at radius 2 is 1.62 bits per heavy atom. The van der Waals surface area contributed by atoms with Gasteiger partial charge in [-0.1, -0.05) is 40.7 Å². The van der Waals surface area contributed by atoms with Gasteiger partial charge < -0.3 is 15.1 Å². The molecule has 0 aliphatic carbocycles. The molecule has 0 unspecified atom stereocenters. The summed E-state index contributed by atoms with van der Waals surface area (Å²) in [5, 5.41) is 3.46. The zero-order valence-corrected chi connectivity index (χ0v) is 15.5. The van der Waals surface area contributed by atoms with Crippen molar-refractivity contribution in [2.24, 2.45) is 0 Å². The lowest BCUT2D eigenvalue weighted by Crippen LogP contribution is -2.46. The average molecular weight is 301 g/mol. The molecule has 4 nitrogen and oxygen atoms in total. The normalized spacial score (nSPS) is 15.3. The van der Waals surface area contributed by atoms with E-state index >= 15 is 0 Å². The molecule has 0 amide bonds. The van der Waals surface area contributed by atoms with Crippen molar-refractivity contribution in [2.45, 2.75) is 34.1 Å². The highest BCUT2D eigenvalue weighted by Gasteiger charge is 2.12. The molecule has 0 saturated carbocycles. The van der Waals surface area contributed by atoms with Gasteiger partial charge in [-0.2, -0.15) is 0 Å². The van der Waals surface area contributed by atoms with Gasteiger partial charge in [-0.15, -0.1) is 0 Å². The summed E-state index contributed by atoms with van der Waals surface area (Å²) < 4.78 is 0. The Morgan fingerprint density at radius 1 is 1.10 bits per heavy atom. The first-order valence-corrected chi connectivity index (χ1v) is 8.58. The molecule has 1 N–H and O–H groups in total. The molecule has 1 aliphatic rings. The standard InChI is InChI=1S/C12H26N4.C3H8.C2H6/c1-4-14(2)7-5-13-6-8-16-11-9-15(3)10-12-16;1-3-2;1-2/h4,13H,1,5-12H2,2-3H3;3H2,1-2H3;1-2H3. The second kappa shape index (κ2) is 17.5. The highest BCUT2D eigenvalue weighted by Crippen LogP contribution is 1.97. The monoisotopic (exact) mass is 300 g/mol. The first-order chi connectivity index (χ1) is 10.1. The van der Waals surface area contributed by atoms with Crippen LogP contribution in [0, 0.1) is 0 Å². The van der Waals surface area contributed by atoms with Crippen molar-refractivity contribution in [3.05, 3.63) is 12.8 Å². The molecule has 0 aromatic heterocycles. The van der Waals surface area contributed by atoms with E-state index in [2.05, 4.69) is 54.5 Å². The van der Waals surface area contributed by atoms with Crippen molar-refractivity contribution in [2.75, 3.05) is 66.5 Å². The van der Waals surface area contributed by atoms with Crippen LogP contribution in [0.25, 0.3) is 0 Å². The van der Waals surface area contributed by atoms with Crippen molar-refractivity contribution < 1.29 is 0 Å². The maximum absolute atomic E-state index is 3.73. The summed E-state index contributed by atoms with van der Waals surface area (Å²) in [4.78, 5) is 7.02. The van der Waals surface area contributed by atoms with Gasteiger partial charge in [0, 0.05) is 59.4 Å². The minimum absolute atomic E-state index is 1.03. The topological polar surface area (TPSA) is 21.8 Å². The van der Waals surface area contributed by atoms with Crippen LogP contribution in [0.4, 0.5) is 0 Å². The van der Waals surface area contributed by atoms with Crippen LogP contribution in [0.5, 0.6) is 0 Å². The lowest BCUT2D eigenvalue weighted by molar-refractivity contribution is 0.154. The maximum Gasteiger partial charge on any atom is 0.0294 e. The molecule has 21 heavy (non-hydrogen) atoms. The SMILES string of the molecule is C=CN(C)CCNCCN1CCN(C)CC1.CC.CCC. The lowest BCUT2D eigenvalue weighted by atomic mass is 10.3. The van der Waals surface area contributed by atoms with Crippen molar-refractivity contribution >= 4 is 0 Å². The van der Waals surface area contributed by atoms with Gasteiger partial charge in [0.1, 0.15) is 0 Å². The van der Waals surface area contributed by atoms with Gasteiger partial charge in [0.05, 0.1) is 0 Å². The summed E-state index contributed by atoms with van der Waals surface area (Å²) >= 11 is 0. The molecule has 128 valence electrons. The fourth-order valence-electron chi connectivity index (χ4n) is 1.78. The third-order valence-corrected chi connectivity index (χ3v) is 3.15. The third-order valence-electron chi connectivity index (χ3n) is 3.15. The first-order valence-electron chi connectivity index (χ1n) is 8.58. The van der Waals surface area contributed by atoms with Gasteiger partial charge in [-0.25, -0.2) is 0 Å². The number of hydrogen-bond acceptors (Lipinski definition) is 4. The highest BCUT2D eigenvalue weighted by atomic mass is 15.2. The summed E-state index contributed by atoms with van der Waals surface area (Å²) in [7, 11) is 4.25. The number of rotatable bonds is 7. The van der Waals surface area contributed by atoms with E-state index in [4.69, 9.17) is 0 Å². The Kier molecular flexibility index (Phi) is 18.9. The average Bonchev–Trinajstić information content (AvgIpc) is 2.51. The van der Waals surface area contributed by atoms with Gasteiger partial charge in [0.25, 0.3) is 0 Å². The highest BCUT2D eigenvalue weighted by molar-refractivity contribution is 4.70. The van der Waals surface area contributed by atoms with Gasteiger partial charge in [0.15, 0.2) is 0 Å². The van der Waals surface area contributed by atoms with Crippen molar-refractivity contribution in [1.29, 1.82) is 0 Å². The molecular formula is C17H40N4. The molecule has 1 heterocycles. The molecule has 0 radical (unpaired) electrons. The third kappa shape index (κ3) is 15.6. The zero-order chi connectivity index (χ0) is 16.5. The van der Waals surface area contributed by atoms with Gasteiger partial charge in [-0.05, 0) is 13.2 Å². The molecular weight excluding hydrogens is 260 g/mol. The maximum atomic E-state index is 3.73. The Morgan fingerprint density at radius 3 is 2.10 bits per heavy atom. The van der Waals surface area contributed by atoms with Crippen LogP contribution in [0.1, 0.15) is 34.1 Å². The van der Waals surface area contributed by atoms with Crippen LogP contribution in [-0.2, 0) is 0 Å². The van der Waals surface area contributed by atoms with E-state index in [-0.39, 0.29) is 0 Å². The van der Waals surface area contributed by atoms with Crippen LogP contribution in [0.2, 0.25) is 0 Å². The Labute approximate surface area is 134 Å². The van der Waals surface area contributed by atoms with Crippen molar-refractivity contribution in [1.82, 2.24) is 20.0 Å². The second-order valence-electron chi connectivity index (χ2n) is 5.27. The molecule has 0 spiro atoms. The van der Waals surface area contributed by atoms with E-state index in [0.717, 1.165) is 19.6 Å². The van der Waals surface area contributed by atoms with Crippen LogP contribution >= 0.6 is 0 Å². The van der Waals surface area contributed by atoms with Gasteiger partial charge in [0.2, 0.25) is 0 Å². The summed E-state index contributed by atoms with van der Waals surface area (Å²) in [6.07, 6.45) is 3.11. The second-order valence-corrected chi connectivity index (χ2v) is 5.27. The predicted octanol–water partition coefficient (Wildman–Crippen LogP) is 2.34. The minimum atomic E-state index is 1.03. The Hall–Kier alpha value is -0.580. The fraction of sp³-hybridized carbons (Fsp3) is 0.882. The van der Waals surface area contributed by atoms with Crippen LogP contribution in [-0.4, -0.2) is 81.2 Å². The number of nitrogens with one attached hydrogen (secondary N) is 1. The quantitative estimate of drug-likeness (QED) is 0.729. The summed E-state index contributed by atoms with van der Waals surface area (Å²) in [5.41, 5.74) is 0. The molecule has 0 aromatic carbocycles. The molecule has 0 aromatic rings. The molecule has 1 saturated heterocycles. The molecule has 1 rings (SSSR count). The molecule has 1 aliphatic heterocycles. The lowest BCUT2D eigenvalue weighted by Gasteiger charge is -2.32. The number of nitrogens with zero attached hydrogens (tertiary/aromatic N) is 3. The smallest absolute Gasteiger partial charge is 0.0294 e. The Balaban J connectivity index is 0. The molecule has 0 atom stereocenters. The van der Waals surface area contributed by atoms with E-state index in [1.54, 1.807) is 0 Å². The van der Waals surface area contributed by atoms with E-state index in [0.29, 0.717) is 0 Å². The Bertz CT molecular complexity index is 201. The van der Waals surface area contributed by atoms with Gasteiger partial charge >= 0.3 is 0 Å². The molecule has 1 fully saturated rings. The van der Waals surface area contributed by atoms with Gasteiger partial charge in [-0.3, -0.25) is 4.90 Å². The van der Waals surface area contributed by atoms with Crippen LogP contribution < -0.4 is 5.32 Å². The predicted molar refractivity (Wildman–Crippen MR) is 96.9 cm³/mol. The number of piperazine rings is 1. The van der Waals surface area contributed by atoms with E-state index in [1.165, 1.54) is 39.1 Å². The zero-order valence-electron chi connectivity index (χ0n) is 15.5. The largest absolute Gasteiger partial charge is 0.380 e. The van der Waals surface area contributed by atoms with Crippen LogP contribution in [0.15, 0.2) is 12.8 Å². The summed E-state index contributed by atoms with van der Waals surface area (Å²) in [5.74, 6) is 0. The molecule has 0 bridgehead atoms. The minimum Gasteiger partial charge on any atom is -0.380 e. The van der Waals surface area contributed by atoms with E-state index in [1.807, 2.05) is 20.0 Å². The van der Waals surface area contributed by atoms with E-state index in [9.17, 15) is 0 Å².